The number of nitrogens with zero attached hydrogens (tertiary/aromatic N) is 1. The molecule has 1 heterocycles. The minimum absolute atomic E-state index is 0.0539. The maximum absolute atomic E-state index is 12.8. The third-order valence-electron chi connectivity index (χ3n) is 4.85. The molecular formula is C22H29N3O5S. The standard InChI is InChI=1S/C22H29N3O5S/c1-16(2)24-31(27,28)19-8-9-21(29-3)20(14-19)23-22(26)18-6-4-17(5-7-18)15-25-10-12-30-13-11-25/h4-9,14,16,24H,10-13,15H2,1-3H3,(H,23,26). The van der Waals surface area contributed by atoms with E-state index >= 15 is 0 Å². The minimum Gasteiger partial charge on any atom is -0.495 e. The predicted octanol–water partition coefficient (Wildman–Crippen LogP) is 2.47. The van der Waals surface area contributed by atoms with Gasteiger partial charge in [-0.25, -0.2) is 13.1 Å². The molecule has 0 unspecified atom stereocenters. The van der Waals surface area contributed by atoms with E-state index in [9.17, 15) is 13.2 Å². The molecule has 2 N–H and O–H groups in total. The third-order valence-corrected chi connectivity index (χ3v) is 6.50. The van der Waals surface area contributed by atoms with Crippen LogP contribution in [-0.4, -0.2) is 58.7 Å². The first kappa shape index (κ1) is 23.2. The average Bonchev–Trinajstić information content (AvgIpc) is 2.74. The smallest absolute Gasteiger partial charge is 0.255 e. The van der Waals surface area contributed by atoms with Crippen molar-refractivity contribution in [3.8, 4) is 5.75 Å². The number of benzene rings is 2. The van der Waals surface area contributed by atoms with Crippen LogP contribution in [0.2, 0.25) is 0 Å². The Morgan fingerprint density at radius 3 is 2.42 bits per heavy atom. The second-order valence-corrected chi connectivity index (χ2v) is 9.39. The number of amides is 1. The van der Waals surface area contributed by atoms with Crippen LogP contribution in [0.25, 0.3) is 0 Å². The zero-order valence-corrected chi connectivity index (χ0v) is 18.9. The van der Waals surface area contributed by atoms with Gasteiger partial charge in [-0.1, -0.05) is 12.1 Å². The van der Waals surface area contributed by atoms with E-state index in [0.29, 0.717) is 11.3 Å². The molecule has 0 atom stereocenters. The number of anilines is 1. The van der Waals surface area contributed by atoms with Crippen molar-refractivity contribution in [2.45, 2.75) is 31.3 Å². The molecule has 9 heteroatoms. The highest BCUT2D eigenvalue weighted by Crippen LogP contribution is 2.28. The number of nitrogens with one attached hydrogen (secondary N) is 2. The molecule has 168 valence electrons. The van der Waals surface area contributed by atoms with E-state index in [2.05, 4.69) is 14.9 Å². The van der Waals surface area contributed by atoms with Gasteiger partial charge in [0.2, 0.25) is 10.0 Å². The Morgan fingerprint density at radius 2 is 1.81 bits per heavy atom. The maximum atomic E-state index is 12.8. The van der Waals surface area contributed by atoms with Crippen molar-refractivity contribution < 1.29 is 22.7 Å². The number of methoxy groups -OCH3 is 1. The van der Waals surface area contributed by atoms with Crippen LogP contribution in [0, 0.1) is 0 Å². The number of rotatable bonds is 8. The molecule has 0 aromatic heterocycles. The van der Waals surface area contributed by atoms with Crippen molar-refractivity contribution in [1.82, 2.24) is 9.62 Å². The summed E-state index contributed by atoms with van der Waals surface area (Å²) in [6.07, 6.45) is 0. The van der Waals surface area contributed by atoms with E-state index in [4.69, 9.17) is 9.47 Å². The molecule has 1 fully saturated rings. The molecule has 0 spiro atoms. The molecule has 1 aliphatic heterocycles. The van der Waals surface area contributed by atoms with Gasteiger partial charge in [-0.05, 0) is 49.7 Å². The van der Waals surface area contributed by atoms with Gasteiger partial charge < -0.3 is 14.8 Å². The summed E-state index contributed by atoms with van der Waals surface area (Å²) < 4.78 is 38.1. The zero-order valence-electron chi connectivity index (χ0n) is 18.1. The van der Waals surface area contributed by atoms with Gasteiger partial charge >= 0.3 is 0 Å². The van der Waals surface area contributed by atoms with Crippen LogP contribution >= 0.6 is 0 Å². The lowest BCUT2D eigenvalue weighted by atomic mass is 10.1. The summed E-state index contributed by atoms with van der Waals surface area (Å²) in [5.41, 5.74) is 1.88. The molecule has 3 rings (SSSR count). The van der Waals surface area contributed by atoms with Gasteiger partial charge in [0.25, 0.3) is 5.91 Å². The highest BCUT2D eigenvalue weighted by atomic mass is 32.2. The van der Waals surface area contributed by atoms with E-state index in [1.165, 1.54) is 25.3 Å². The third kappa shape index (κ3) is 6.27. The lowest BCUT2D eigenvalue weighted by molar-refractivity contribution is 0.0342. The summed E-state index contributed by atoms with van der Waals surface area (Å²) in [5.74, 6) is 0.0309. The monoisotopic (exact) mass is 447 g/mol. The lowest BCUT2D eigenvalue weighted by Crippen LogP contribution is -2.35. The van der Waals surface area contributed by atoms with E-state index in [1.807, 2.05) is 12.1 Å². The summed E-state index contributed by atoms with van der Waals surface area (Å²) in [6.45, 7) is 7.56. The van der Waals surface area contributed by atoms with Gasteiger partial charge in [0.05, 0.1) is 30.9 Å². The Labute approximate surface area is 183 Å². The van der Waals surface area contributed by atoms with Crippen LogP contribution < -0.4 is 14.8 Å². The number of hydrogen-bond acceptors (Lipinski definition) is 6. The van der Waals surface area contributed by atoms with Crippen LogP contribution in [0.15, 0.2) is 47.4 Å². The molecule has 0 bridgehead atoms. The Balaban J connectivity index is 1.73. The van der Waals surface area contributed by atoms with Gasteiger partial charge in [-0.3, -0.25) is 9.69 Å². The highest BCUT2D eigenvalue weighted by Gasteiger charge is 2.19. The van der Waals surface area contributed by atoms with Crippen LogP contribution in [0.5, 0.6) is 5.75 Å². The molecule has 0 aliphatic carbocycles. The first-order valence-electron chi connectivity index (χ1n) is 10.2. The van der Waals surface area contributed by atoms with Gasteiger partial charge in [0.1, 0.15) is 5.75 Å². The number of ether oxygens (including phenoxy) is 2. The lowest BCUT2D eigenvalue weighted by Gasteiger charge is -2.26. The Morgan fingerprint density at radius 1 is 1.13 bits per heavy atom. The van der Waals surface area contributed by atoms with Crippen molar-refractivity contribution in [2.75, 3.05) is 38.7 Å². The Hall–Kier alpha value is -2.46. The van der Waals surface area contributed by atoms with E-state index in [1.54, 1.807) is 26.0 Å². The van der Waals surface area contributed by atoms with Gasteiger partial charge in [-0.15, -0.1) is 0 Å². The predicted molar refractivity (Wildman–Crippen MR) is 119 cm³/mol. The molecule has 0 radical (unpaired) electrons. The average molecular weight is 448 g/mol. The largest absolute Gasteiger partial charge is 0.495 e. The molecular weight excluding hydrogens is 418 g/mol. The highest BCUT2D eigenvalue weighted by molar-refractivity contribution is 7.89. The number of carbonyl (C=O) groups excluding carboxylic acids is 1. The zero-order chi connectivity index (χ0) is 22.4. The summed E-state index contributed by atoms with van der Waals surface area (Å²) in [5, 5.41) is 2.76. The normalized spacial score (nSPS) is 15.1. The number of carbonyl (C=O) groups is 1. The fourth-order valence-electron chi connectivity index (χ4n) is 3.30. The Bertz CT molecular complexity index is 1000. The first-order chi connectivity index (χ1) is 14.8. The molecule has 1 amide bonds. The molecule has 0 saturated carbocycles. The van der Waals surface area contributed by atoms with Crippen molar-refractivity contribution in [3.05, 3.63) is 53.6 Å². The van der Waals surface area contributed by atoms with E-state index in [-0.39, 0.29) is 22.5 Å². The van der Waals surface area contributed by atoms with Crippen molar-refractivity contribution in [1.29, 1.82) is 0 Å². The molecule has 2 aromatic carbocycles. The summed E-state index contributed by atoms with van der Waals surface area (Å²) in [7, 11) is -2.23. The minimum atomic E-state index is -3.70. The van der Waals surface area contributed by atoms with Crippen molar-refractivity contribution in [3.63, 3.8) is 0 Å². The van der Waals surface area contributed by atoms with Crippen LogP contribution in [0.4, 0.5) is 5.69 Å². The second-order valence-electron chi connectivity index (χ2n) is 7.68. The Kier molecular flexibility index (Phi) is 7.66. The number of hydrogen-bond donors (Lipinski definition) is 2. The van der Waals surface area contributed by atoms with Crippen LogP contribution in [-0.2, 0) is 21.3 Å². The van der Waals surface area contributed by atoms with Crippen molar-refractivity contribution in [2.24, 2.45) is 0 Å². The SMILES string of the molecule is COc1ccc(S(=O)(=O)NC(C)C)cc1NC(=O)c1ccc(CN2CCOCC2)cc1. The number of sulfonamides is 1. The molecule has 8 nitrogen and oxygen atoms in total. The fraction of sp³-hybridized carbons (Fsp3) is 0.409. The van der Waals surface area contributed by atoms with E-state index < -0.39 is 10.0 Å². The van der Waals surface area contributed by atoms with E-state index in [0.717, 1.165) is 38.4 Å². The summed E-state index contributed by atoms with van der Waals surface area (Å²) in [4.78, 5) is 15.1. The topological polar surface area (TPSA) is 97.0 Å². The first-order valence-corrected chi connectivity index (χ1v) is 11.7. The molecule has 2 aromatic rings. The molecule has 1 saturated heterocycles. The van der Waals surface area contributed by atoms with Gasteiger partial charge in [0.15, 0.2) is 0 Å². The fourth-order valence-corrected chi connectivity index (χ4v) is 4.58. The molecule has 31 heavy (non-hydrogen) atoms. The summed E-state index contributed by atoms with van der Waals surface area (Å²) in [6, 6.07) is 11.5. The van der Waals surface area contributed by atoms with Crippen LogP contribution in [0.1, 0.15) is 29.8 Å². The van der Waals surface area contributed by atoms with Crippen molar-refractivity contribution >= 4 is 21.6 Å². The van der Waals surface area contributed by atoms with Gasteiger partial charge in [-0.2, -0.15) is 0 Å². The maximum Gasteiger partial charge on any atom is 0.255 e. The quantitative estimate of drug-likeness (QED) is 0.645. The number of morpholine rings is 1. The van der Waals surface area contributed by atoms with Gasteiger partial charge in [0, 0.05) is 31.2 Å². The van der Waals surface area contributed by atoms with Crippen LogP contribution in [0.3, 0.4) is 0 Å². The summed E-state index contributed by atoms with van der Waals surface area (Å²) >= 11 is 0. The second kappa shape index (κ2) is 10.2. The molecule has 1 aliphatic rings.